The molecule has 31 heavy (non-hydrogen) atoms. The van der Waals surface area contributed by atoms with Crippen molar-refractivity contribution in [3.63, 3.8) is 0 Å². The van der Waals surface area contributed by atoms with Crippen LogP contribution in [0.2, 0.25) is 0 Å². The number of hydrogen-bond donors (Lipinski definition) is 5. The lowest BCUT2D eigenvalue weighted by Gasteiger charge is -2.24. The Morgan fingerprint density at radius 1 is 1.16 bits per heavy atom. The van der Waals surface area contributed by atoms with Crippen molar-refractivity contribution in [1.82, 2.24) is 10.6 Å². The predicted molar refractivity (Wildman–Crippen MR) is 127 cm³/mol. The minimum absolute atomic E-state index is 0.0404. The lowest BCUT2D eigenvalue weighted by atomic mass is 9.82. The molecule has 2 aromatic rings. The molecule has 0 radical (unpaired) electrons. The highest BCUT2D eigenvalue weighted by Crippen LogP contribution is 2.36. The van der Waals surface area contributed by atoms with E-state index in [4.69, 9.17) is 5.11 Å². The number of phenolic OH excluding ortho intramolecular Hbond substituents is 2. The number of aryl methyl sites for hydroxylation is 1. The van der Waals surface area contributed by atoms with Crippen molar-refractivity contribution < 1.29 is 15.3 Å². The van der Waals surface area contributed by atoms with E-state index in [0.29, 0.717) is 12.3 Å². The monoisotopic (exact) mass is 427 g/mol. The summed E-state index contributed by atoms with van der Waals surface area (Å²) in [5.41, 5.74) is 5.12. The summed E-state index contributed by atoms with van der Waals surface area (Å²) in [6.45, 7) is 12.8. The van der Waals surface area contributed by atoms with Crippen molar-refractivity contribution in [3.8, 4) is 11.5 Å². The van der Waals surface area contributed by atoms with Crippen LogP contribution in [0.4, 0.5) is 0 Å². The van der Waals surface area contributed by atoms with E-state index < -0.39 is 6.10 Å². The molecule has 0 aromatic heterocycles. The Hall–Kier alpha value is -2.57. The Kier molecular flexibility index (Phi) is 8.48. The van der Waals surface area contributed by atoms with Gasteiger partial charge in [-0.15, -0.1) is 0 Å². The van der Waals surface area contributed by atoms with Gasteiger partial charge in [0.1, 0.15) is 17.3 Å². The second-order valence-corrected chi connectivity index (χ2v) is 9.04. The molecule has 1 atom stereocenters. The Labute approximate surface area is 186 Å². The van der Waals surface area contributed by atoms with Gasteiger partial charge < -0.3 is 26.0 Å². The summed E-state index contributed by atoms with van der Waals surface area (Å²) in [4.78, 5) is 4.44. The van der Waals surface area contributed by atoms with Gasteiger partial charge >= 0.3 is 0 Å². The molecule has 1 heterocycles. The first-order valence-corrected chi connectivity index (χ1v) is 10.8. The lowest BCUT2D eigenvalue weighted by molar-refractivity contribution is 0.177. The maximum Gasteiger partial charge on any atom is 0.122 e. The number of aromatic hydroxyl groups is 2. The molecular formula is C25H37N3O3. The van der Waals surface area contributed by atoms with Gasteiger partial charge in [0.25, 0.3) is 0 Å². The Balaban J connectivity index is 0.000000245. The standard InChI is InChI=1S/C16H24N2O.C9H13NO2/c1-10-8-13(16(3,4)5)15(19)11(2)12(10)9-14-17-6-7-18-14;1-10-6-9(12)7-3-2-4-8(11)5-7/h8,19H,6-7,9H2,1-5H3,(H,17,18);2-5,9-12H,6H2,1H3/t;9-/m.0/s1. The van der Waals surface area contributed by atoms with Gasteiger partial charge in [0.2, 0.25) is 0 Å². The number of rotatable bonds is 5. The number of nitrogens with one attached hydrogen (secondary N) is 2. The Morgan fingerprint density at radius 3 is 2.42 bits per heavy atom. The van der Waals surface area contributed by atoms with Crippen molar-refractivity contribution in [2.75, 3.05) is 26.7 Å². The number of amidine groups is 1. The second-order valence-electron chi connectivity index (χ2n) is 9.04. The van der Waals surface area contributed by atoms with Crippen molar-refractivity contribution in [2.45, 2.75) is 52.6 Å². The van der Waals surface area contributed by atoms with E-state index in [1.165, 1.54) is 11.1 Å². The molecule has 2 aromatic carbocycles. The zero-order valence-electron chi connectivity index (χ0n) is 19.6. The topological polar surface area (TPSA) is 97.1 Å². The molecule has 5 N–H and O–H groups in total. The minimum atomic E-state index is -0.554. The van der Waals surface area contributed by atoms with Gasteiger partial charge in [-0.2, -0.15) is 0 Å². The number of hydrogen-bond acceptors (Lipinski definition) is 6. The highest BCUT2D eigenvalue weighted by atomic mass is 16.3. The highest BCUT2D eigenvalue weighted by molar-refractivity contribution is 5.86. The third-order valence-electron chi connectivity index (χ3n) is 5.45. The summed E-state index contributed by atoms with van der Waals surface area (Å²) >= 11 is 0. The molecule has 0 saturated heterocycles. The normalized spacial score (nSPS) is 14.4. The zero-order valence-corrected chi connectivity index (χ0v) is 19.6. The van der Waals surface area contributed by atoms with Gasteiger partial charge in [0, 0.05) is 19.5 Å². The quantitative estimate of drug-likeness (QED) is 0.503. The minimum Gasteiger partial charge on any atom is -0.508 e. The fraction of sp³-hybridized carbons (Fsp3) is 0.480. The average Bonchev–Trinajstić information content (AvgIpc) is 3.21. The number of nitrogens with zero attached hydrogens (tertiary/aromatic N) is 1. The lowest BCUT2D eigenvalue weighted by Crippen LogP contribution is -2.22. The summed E-state index contributed by atoms with van der Waals surface area (Å²) in [5, 5.41) is 35.2. The third-order valence-corrected chi connectivity index (χ3v) is 5.45. The molecule has 0 amide bonds. The van der Waals surface area contributed by atoms with Crippen LogP contribution in [0.3, 0.4) is 0 Å². The number of phenols is 2. The van der Waals surface area contributed by atoms with Gasteiger partial charge in [-0.25, -0.2) is 0 Å². The smallest absolute Gasteiger partial charge is 0.122 e. The van der Waals surface area contributed by atoms with Crippen molar-refractivity contribution in [1.29, 1.82) is 0 Å². The van der Waals surface area contributed by atoms with Crippen molar-refractivity contribution in [3.05, 3.63) is 58.1 Å². The van der Waals surface area contributed by atoms with Crippen LogP contribution in [0, 0.1) is 13.8 Å². The summed E-state index contributed by atoms with van der Waals surface area (Å²) in [7, 11) is 1.77. The first-order chi connectivity index (χ1) is 14.5. The molecule has 0 fully saturated rings. The molecule has 0 bridgehead atoms. The maximum absolute atomic E-state index is 10.5. The fourth-order valence-corrected chi connectivity index (χ4v) is 3.63. The van der Waals surface area contributed by atoms with Crippen molar-refractivity contribution >= 4 is 5.84 Å². The van der Waals surface area contributed by atoms with Gasteiger partial charge in [0.15, 0.2) is 0 Å². The number of aliphatic hydroxyl groups is 1. The molecule has 170 valence electrons. The number of aliphatic imine (C=N–C) groups is 1. The first-order valence-electron chi connectivity index (χ1n) is 10.8. The Morgan fingerprint density at radius 2 is 1.87 bits per heavy atom. The molecule has 0 spiro atoms. The summed E-state index contributed by atoms with van der Waals surface area (Å²) in [6, 6.07) is 8.75. The zero-order chi connectivity index (χ0) is 23.2. The highest BCUT2D eigenvalue weighted by Gasteiger charge is 2.22. The molecule has 1 aliphatic heterocycles. The molecule has 6 heteroatoms. The van der Waals surface area contributed by atoms with Gasteiger partial charge in [-0.3, -0.25) is 4.99 Å². The molecule has 6 nitrogen and oxygen atoms in total. The molecule has 1 aliphatic rings. The van der Waals surface area contributed by atoms with E-state index in [1.807, 2.05) is 6.92 Å². The Bertz CT molecular complexity index is 917. The fourth-order valence-electron chi connectivity index (χ4n) is 3.63. The van der Waals surface area contributed by atoms with Crippen LogP contribution in [0.25, 0.3) is 0 Å². The van der Waals surface area contributed by atoms with E-state index in [2.05, 4.69) is 49.4 Å². The molecular weight excluding hydrogens is 390 g/mol. The van der Waals surface area contributed by atoms with Crippen LogP contribution in [0.1, 0.15) is 54.7 Å². The van der Waals surface area contributed by atoms with Crippen LogP contribution >= 0.6 is 0 Å². The second kappa shape index (κ2) is 10.6. The van der Waals surface area contributed by atoms with Crippen LogP contribution in [0.5, 0.6) is 11.5 Å². The number of benzene rings is 2. The van der Waals surface area contributed by atoms with Gasteiger partial charge in [-0.05, 0) is 66.3 Å². The van der Waals surface area contributed by atoms with Crippen LogP contribution in [0.15, 0.2) is 35.3 Å². The van der Waals surface area contributed by atoms with Gasteiger partial charge in [-0.1, -0.05) is 39.0 Å². The number of aliphatic hydroxyl groups excluding tert-OH is 1. The summed E-state index contributed by atoms with van der Waals surface area (Å²) in [5.74, 6) is 1.66. The van der Waals surface area contributed by atoms with E-state index in [1.54, 1.807) is 31.3 Å². The largest absolute Gasteiger partial charge is 0.508 e. The molecule has 0 saturated carbocycles. The first kappa shape index (κ1) is 24.7. The maximum atomic E-state index is 10.5. The van der Waals surface area contributed by atoms with E-state index in [-0.39, 0.29) is 11.2 Å². The third kappa shape index (κ3) is 6.71. The SMILES string of the molecule is CNC[C@H](O)c1cccc(O)c1.Cc1cc(C(C)(C)C)c(O)c(C)c1CC1=NCCN1. The molecule has 0 aliphatic carbocycles. The van der Waals surface area contributed by atoms with Crippen LogP contribution < -0.4 is 10.6 Å². The summed E-state index contributed by atoms with van der Waals surface area (Å²) < 4.78 is 0. The average molecular weight is 428 g/mol. The van der Waals surface area contributed by atoms with Crippen LogP contribution in [-0.2, 0) is 11.8 Å². The predicted octanol–water partition coefficient (Wildman–Crippen LogP) is 3.50. The van der Waals surface area contributed by atoms with E-state index in [0.717, 1.165) is 42.0 Å². The van der Waals surface area contributed by atoms with Crippen molar-refractivity contribution in [2.24, 2.45) is 4.99 Å². The van der Waals surface area contributed by atoms with E-state index >= 15 is 0 Å². The summed E-state index contributed by atoms with van der Waals surface area (Å²) in [6.07, 6.45) is 0.234. The van der Waals surface area contributed by atoms with Gasteiger partial charge in [0.05, 0.1) is 12.6 Å². The molecule has 3 rings (SSSR count). The van der Waals surface area contributed by atoms with Crippen LogP contribution in [-0.4, -0.2) is 47.8 Å². The number of likely N-dealkylation sites (N-methyl/N-ethyl adjacent to an activating group) is 1. The van der Waals surface area contributed by atoms with E-state index in [9.17, 15) is 10.2 Å². The molecule has 0 unspecified atom stereocenters.